The fourth-order valence-corrected chi connectivity index (χ4v) is 4.31. The van der Waals surface area contributed by atoms with Crippen LogP contribution >= 0.6 is 11.8 Å². The van der Waals surface area contributed by atoms with Crippen molar-refractivity contribution in [2.45, 2.75) is 33.0 Å². The fourth-order valence-electron chi connectivity index (χ4n) is 3.50. The number of rotatable bonds is 5. The van der Waals surface area contributed by atoms with Gasteiger partial charge in [-0.05, 0) is 55.5 Å². The number of ether oxygens (including phenoxy) is 1. The van der Waals surface area contributed by atoms with Gasteiger partial charge in [0.2, 0.25) is 0 Å². The summed E-state index contributed by atoms with van der Waals surface area (Å²) in [6.45, 7) is 5.40. The third kappa shape index (κ3) is 5.22. The Morgan fingerprint density at radius 3 is 2.48 bits per heavy atom. The number of benzene rings is 2. The third-order valence-corrected chi connectivity index (χ3v) is 5.82. The van der Waals surface area contributed by atoms with Crippen molar-refractivity contribution >= 4 is 28.6 Å². The Labute approximate surface area is 194 Å². The Morgan fingerprint density at radius 2 is 1.91 bits per heavy atom. The first-order chi connectivity index (χ1) is 15.7. The predicted octanol–water partition coefficient (Wildman–Crippen LogP) is 6.08. The lowest BCUT2D eigenvalue weighted by molar-refractivity contribution is -0.139. The van der Waals surface area contributed by atoms with Gasteiger partial charge in [0.15, 0.2) is 5.17 Å². The van der Waals surface area contributed by atoms with E-state index in [4.69, 9.17) is 15.0 Å². The highest BCUT2D eigenvalue weighted by atomic mass is 32.2. The number of aliphatic imine (C=N–C) groups is 1. The second-order valence-electron chi connectivity index (χ2n) is 7.08. The van der Waals surface area contributed by atoms with E-state index in [1.165, 1.54) is 17.8 Å². The number of amidine groups is 1. The van der Waals surface area contributed by atoms with Crippen molar-refractivity contribution in [2.24, 2.45) is 4.99 Å². The van der Waals surface area contributed by atoms with Crippen molar-refractivity contribution < 1.29 is 22.7 Å². The van der Waals surface area contributed by atoms with Gasteiger partial charge >= 0.3 is 12.1 Å². The Kier molecular flexibility index (Phi) is 7.49. The number of hydrogen-bond acceptors (Lipinski definition) is 6. The van der Waals surface area contributed by atoms with Gasteiger partial charge < -0.3 is 4.74 Å². The second kappa shape index (κ2) is 10.1. The molecule has 2 aromatic rings. The van der Waals surface area contributed by atoms with E-state index in [1.807, 2.05) is 6.92 Å². The third-order valence-electron chi connectivity index (χ3n) is 4.99. The van der Waals surface area contributed by atoms with Crippen LogP contribution in [-0.2, 0) is 15.7 Å². The summed E-state index contributed by atoms with van der Waals surface area (Å²) in [5.41, 5.74) is 1.27. The van der Waals surface area contributed by atoms with Crippen LogP contribution in [0.5, 0.6) is 0 Å². The van der Waals surface area contributed by atoms with Gasteiger partial charge in [-0.2, -0.15) is 18.4 Å². The number of halogens is 3. The molecule has 0 N–H and O–H groups in total. The predicted molar refractivity (Wildman–Crippen MR) is 123 cm³/mol. The molecule has 0 radical (unpaired) electrons. The minimum atomic E-state index is -4.51. The number of esters is 1. The number of hydrogen-bond donors (Lipinski definition) is 0. The maximum Gasteiger partial charge on any atom is 0.416 e. The van der Waals surface area contributed by atoms with Crippen LogP contribution in [0.1, 0.15) is 43.5 Å². The first kappa shape index (κ1) is 24.4. The number of allylic oxidation sites excluding steroid dienone is 1. The van der Waals surface area contributed by atoms with Crippen LogP contribution in [0.3, 0.4) is 0 Å². The van der Waals surface area contributed by atoms with Crippen LogP contribution in [0.15, 0.2) is 64.8 Å². The lowest BCUT2D eigenvalue weighted by Gasteiger charge is -2.35. The van der Waals surface area contributed by atoms with Gasteiger partial charge in [0.1, 0.15) is 6.04 Å². The largest absolute Gasteiger partial charge is 0.463 e. The quantitative estimate of drug-likeness (QED) is 0.492. The van der Waals surface area contributed by atoms with Crippen molar-refractivity contribution in [1.29, 1.82) is 5.26 Å². The molecule has 1 atom stereocenters. The van der Waals surface area contributed by atoms with E-state index in [9.17, 15) is 18.0 Å². The Bertz CT molecular complexity index is 1130. The SMILES string of the molecule is CCOC(=O)C1=C(C)N(c2cccc(C(F)(F)F)c2)C(SCC)=NC1c1ccc(C#N)cc1. The summed E-state index contributed by atoms with van der Waals surface area (Å²) >= 11 is 1.36. The first-order valence-corrected chi connectivity index (χ1v) is 11.3. The van der Waals surface area contributed by atoms with Gasteiger partial charge in [0, 0.05) is 11.4 Å². The molecule has 1 aliphatic rings. The zero-order valence-corrected chi connectivity index (χ0v) is 19.1. The molecule has 0 aromatic heterocycles. The molecule has 9 heteroatoms. The van der Waals surface area contributed by atoms with Crippen LogP contribution in [0.4, 0.5) is 18.9 Å². The zero-order valence-electron chi connectivity index (χ0n) is 18.3. The molecule has 2 aromatic carbocycles. The van der Waals surface area contributed by atoms with Gasteiger partial charge in [-0.3, -0.25) is 4.90 Å². The van der Waals surface area contributed by atoms with Crippen LogP contribution in [0.2, 0.25) is 0 Å². The molecule has 172 valence electrons. The summed E-state index contributed by atoms with van der Waals surface area (Å²) in [5, 5.41) is 9.56. The van der Waals surface area contributed by atoms with Crippen molar-refractivity contribution in [2.75, 3.05) is 17.3 Å². The Morgan fingerprint density at radius 1 is 1.21 bits per heavy atom. The Hall–Kier alpha value is -3.25. The summed E-state index contributed by atoms with van der Waals surface area (Å²) in [4.78, 5) is 19.3. The number of carbonyl (C=O) groups excluding carboxylic acids is 1. The summed E-state index contributed by atoms with van der Waals surface area (Å²) in [7, 11) is 0. The molecular weight excluding hydrogens is 451 g/mol. The average molecular weight is 474 g/mol. The molecule has 3 rings (SSSR count). The molecule has 0 amide bonds. The molecular formula is C24H22F3N3O2S. The molecule has 0 saturated heterocycles. The highest BCUT2D eigenvalue weighted by molar-refractivity contribution is 8.14. The minimum absolute atomic E-state index is 0.138. The maximum atomic E-state index is 13.4. The van der Waals surface area contributed by atoms with Crippen LogP contribution in [-0.4, -0.2) is 23.5 Å². The van der Waals surface area contributed by atoms with E-state index < -0.39 is 23.8 Å². The van der Waals surface area contributed by atoms with Crippen molar-refractivity contribution in [1.82, 2.24) is 0 Å². The molecule has 0 spiro atoms. The fraction of sp³-hybridized carbons (Fsp3) is 0.292. The molecule has 5 nitrogen and oxygen atoms in total. The normalized spacial score (nSPS) is 16.3. The number of thioether (sulfide) groups is 1. The molecule has 33 heavy (non-hydrogen) atoms. The molecule has 1 aliphatic heterocycles. The topological polar surface area (TPSA) is 65.7 Å². The first-order valence-electron chi connectivity index (χ1n) is 10.3. The smallest absolute Gasteiger partial charge is 0.416 e. The number of nitriles is 1. The van der Waals surface area contributed by atoms with Crippen LogP contribution in [0, 0.1) is 11.3 Å². The summed E-state index contributed by atoms with van der Waals surface area (Å²) in [5.74, 6) is 0.0294. The van der Waals surface area contributed by atoms with Gasteiger partial charge in [-0.1, -0.05) is 36.9 Å². The number of alkyl halides is 3. The van der Waals surface area contributed by atoms with E-state index >= 15 is 0 Å². The summed E-state index contributed by atoms with van der Waals surface area (Å²) in [6.07, 6.45) is -4.51. The van der Waals surface area contributed by atoms with Gasteiger partial charge in [0.25, 0.3) is 0 Å². The standard InChI is InChI=1S/C24H22F3N3O2S/c1-4-32-22(31)20-15(3)30(19-8-6-7-18(13-19)24(25,26)27)23(33-5-2)29-21(20)17-11-9-16(14-28)10-12-17/h6-13,21H,4-5H2,1-3H3. The number of carbonyl (C=O) groups is 1. The van der Waals surface area contributed by atoms with Gasteiger partial charge in [-0.25, -0.2) is 9.79 Å². The Balaban J connectivity index is 2.20. The summed E-state index contributed by atoms with van der Waals surface area (Å²) < 4.78 is 45.4. The minimum Gasteiger partial charge on any atom is -0.463 e. The van der Waals surface area contributed by atoms with E-state index in [-0.39, 0.29) is 17.9 Å². The highest BCUT2D eigenvalue weighted by Crippen LogP contribution is 2.40. The molecule has 0 aliphatic carbocycles. The highest BCUT2D eigenvalue weighted by Gasteiger charge is 2.36. The zero-order chi connectivity index (χ0) is 24.2. The van der Waals surface area contributed by atoms with Crippen LogP contribution < -0.4 is 4.90 Å². The lowest BCUT2D eigenvalue weighted by atomic mass is 9.95. The molecule has 0 saturated carbocycles. The molecule has 0 fully saturated rings. The van der Waals surface area contributed by atoms with E-state index in [0.717, 1.165) is 12.1 Å². The average Bonchev–Trinajstić information content (AvgIpc) is 2.78. The molecule has 1 heterocycles. The van der Waals surface area contributed by atoms with Crippen molar-refractivity contribution in [3.8, 4) is 6.07 Å². The monoisotopic (exact) mass is 473 g/mol. The van der Waals surface area contributed by atoms with Crippen molar-refractivity contribution in [3.63, 3.8) is 0 Å². The maximum absolute atomic E-state index is 13.4. The number of nitrogens with zero attached hydrogens (tertiary/aromatic N) is 3. The summed E-state index contributed by atoms with van der Waals surface area (Å²) in [6, 6.07) is 13.0. The molecule has 1 unspecified atom stereocenters. The van der Waals surface area contributed by atoms with Crippen molar-refractivity contribution in [3.05, 3.63) is 76.5 Å². The number of anilines is 1. The van der Waals surface area contributed by atoms with Crippen LogP contribution in [0.25, 0.3) is 0 Å². The van der Waals surface area contributed by atoms with E-state index in [2.05, 4.69) is 6.07 Å². The van der Waals surface area contributed by atoms with E-state index in [0.29, 0.717) is 27.7 Å². The van der Waals surface area contributed by atoms with E-state index in [1.54, 1.807) is 49.1 Å². The lowest BCUT2D eigenvalue weighted by Crippen LogP contribution is -2.35. The van der Waals surface area contributed by atoms with Gasteiger partial charge in [-0.15, -0.1) is 0 Å². The molecule has 0 bridgehead atoms. The van der Waals surface area contributed by atoms with Gasteiger partial charge in [0.05, 0.1) is 29.4 Å². The second-order valence-corrected chi connectivity index (χ2v) is 8.32.